The van der Waals surface area contributed by atoms with Gasteiger partial charge in [0.05, 0.1) is 12.0 Å². The van der Waals surface area contributed by atoms with Gasteiger partial charge >= 0.3 is 5.97 Å². The minimum atomic E-state index is -1.20. The van der Waals surface area contributed by atoms with Crippen molar-refractivity contribution in [3.63, 3.8) is 0 Å². The molecule has 0 radical (unpaired) electrons. The number of pyridine rings is 1. The van der Waals surface area contributed by atoms with E-state index in [1.807, 2.05) is 22.1 Å². The van der Waals surface area contributed by atoms with Crippen LogP contribution >= 0.6 is 11.3 Å². The summed E-state index contributed by atoms with van der Waals surface area (Å²) in [5.41, 5.74) is 3.88. The first-order chi connectivity index (χ1) is 14.3. The standard InChI is InChI=1S/C24H21NO4S/c1-24(2,3)21-10-14-13-6-7-29-22(13)16(20-5-4-8-30-20)9-15(14)18-11-19(26)17(23(27)28)12-25(18)21/h4-9,11-12,21H,10H2,1-3H3,(H,27,28)/t21-/m0/s1. The van der Waals surface area contributed by atoms with Gasteiger partial charge in [0.2, 0.25) is 0 Å². The monoisotopic (exact) mass is 419 g/mol. The number of aromatic nitrogens is 1. The van der Waals surface area contributed by atoms with Gasteiger partial charge in [0.15, 0.2) is 5.43 Å². The van der Waals surface area contributed by atoms with E-state index < -0.39 is 11.4 Å². The lowest BCUT2D eigenvalue weighted by Gasteiger charge is -2.39. The van der Waals surface area contributed by atoms with Gasteiger partial charge in [-0.15, -0.1) is 11.3 Å². The van der Waals surface area contributed by atoms with E-state index in [1.54, 1.807) is 17.6 Å². The molecule has 3 aromatic heterocycles. The third-order valence-corrected chi connectivity index (χ3v) is 6.86. The molecule has 30 heavy (non-hydrogen) atoms. The van der Waals surface area contributed by atoms with E-state index in [9.17, 15) is 14.7 Å². The van der Waals surface area contributed by atoms with Crippen LogP contribution in [0.15, 0.2) is 57.4 Å². The first-order valence-electron chi connectivity index (χ1n) is 9.82. The molecule has 0 amide bonds. The predicted molar refractivity (Wildman–Crippen MR) is 118 cm³/mol. The van der Waals surface area contributed by atoms with Gasteiger partial charge in [-0.3, -0.25) is 4.79 Å². The maximum Gasteiger partial charge on any atom is 0.341 e. The third kappa shape index (κ3) is 2.75. The van der Waals surface area contributed by atoms with Gasteiger partial charge in [0.1, 0.15) is 11.1 Å². The van der Waals surface area contributed by atoms with Crippen LogP contribution < -0.4 is 5.43 Å². The molecule has 0 bridgehead atoms. The van der Waals surface area contributed by atoms with Gasteiger partial charge in [-0.05, 0) is 41.0 Å². The van der Waals surface area contributed by atoms with Crippen LogP contribution in [-0.2, 0) is 6.42 Å². The lowest BCUT2D eigenvalue weighted by Crippen LogP contribution is -2.32. The van der Waals surface area contributed by atoms with Crippen molar-refractivity contribution in [1.29, 1.82) is 0 Å². The van der Waals surface area contributed by atoms with Gasteiger partial charge in [-0.2, -0.15) is 0 Å². The number of benzene rings is 1. The molecule has 0 unspecified atom stereocenters. The topological polar surface area (TPSA) is 72.4 Å². The van der Waals surface area contributed by atoms with Crippen molar-refractivity contribution in [3.05, 3.63) is 69.5 Å². The fourth-order valence-electron chi connectivity index (χ4n) is 4.46. The van der Waals surface area contributed by atoms with Crippen LogP contribution in [0.1, 0.15) is 42.7 Å². The molecular weight excluding hydrogens is 398 g/mol. The van der Waals surface area contributed by atoms with Crippen LogP contribution in [-0.4, -0.2) is 15.6 Å². The predicted octanol–water partition coefficient (Wildman–Crippen LogP) is 5.83. The number of furan rings is 1. The first-order valence-corrected chi connectivity index (χ1v) is 10.7. The molecule has 1 aromatic carbocycles. The number of carbonyl (C=O) groups is 1. The number of carboxylic acid groups (broad SMARTS) is 1. The Balaban J connectivity index is 1.88. The van der Waals surface area contributed by atoms with Crippen LogP contribution in [0.3, 0.4) is 0 Å². The molecule has 4 aromatic rings. The molecule has 4 heterocycles. The lowest BCUT2D eigenvalue weighted by atomic mass is 9.77. The molecule has 1 N–H and O–H groups in total. The minimum Gasteiger partial charge on any atom is -0.477 e. The van der Waals surface area contributed by atoms with E-state index in [0.717, 1.165) is 44.7 Å². The highest BCUT2D eigenvalue weighted by molar-refractivity contribution is 7.13. The van der Waals surface area contributed by atoms with E-state index in [2.05, 4.69) is 32.9 Å². The summed E-state index contributed by atoms with van der Waals surface area (Å²) in [4.78, 5) is 25.3. The maximum absolute atomic E-state index is 12.6. The van der Waals surface area contributed by atoms with Crippen LogP contribution in [0.5, 0.6) is 0 Å². The van der Waals surface area contributed by atoms with Gasteiger partial charge < -0.3 is 14.1 Å². The van der Waals surface area contributed by atoms with Gasteiger partial charge in [-0.1, -0.05) is 26.8 Å². The summed E-state index contributed by atoms with van der Waals surface area (Å²) in [7, 11) is 0. The van der Waals surface area contributed by atoms with Crippen molar-refractivity contribution in [2.45, 2.75) is 33.2 Å². The number of hydrogen-bond donors (Lipinski definition) is 1. The fourth-order valence-corrected chi connectivity index (χ4v) is 5.20. The smallest absolute Gasteiger partial charge is 0.341 e. The molecule has 0 saturated heterocycles. The second-order valence-corrected chi connectivity index (χ2v) is 9.77. The molecule has 1 aliphatic heterocycles. The Morgan fingerprint density at radius 3 is 2.70 bits per heavy atom. The zero-order chi connectivity index (χ0) is 21.2. The van der Waals surface area contributed by atoms with Crippen molar-refractivity contribution in [2.75, 3.05) is 0 Å². The van der Waals surface area contributed by atoms with Gasteiger partial charge in [0, 0.05) is 39.7 Å². The Labute approximate surface area is 177 Å². The van der Waals surface area contributed by atoms with Crippen LogP contribution in [0.25, 0.3) is 32.7 Å². The Morgan fingerprint density at radius 1 is 1.23 bits per heavy atom. The number of thiophene rings is 1. The SMILES string of the molecule is CC(C)(C)[C@@H]1Cc2c(cc(-c3cccs3)c3occc23)-c2cc(=O)c(C(=O)O)cn21. The summed E-state index contributed by atoms with van der Waals surface area (Å²) in [6.07, 6.45) is 3.96. The molecule has 0 aliphatic carbocycles. The van der Waals surface area contributed by atoms with Gasteiger partial charge in [0.25, 0.3) is 0 Å². The molecule has 6 heteroatoms. The number of fused-ring (bicyclic) bond motifs is 5. The second-order valence-electron chi connectivity index (χ2n) is 8.83. The van der Waals surface area contributed by atoms with Crippen molar-refractivity contribution in [3.8, 4) is 21.7 Å². The third-order valence-electron chi connectivity index (χ3n) is 5.95. The highest BCUT2D eigenvalue weighted by Crippen LogP contribution is 2.47. The van der Waals surface area contributed by atoms with E-state index in [0.29, 0.717) is 0 Å². The normalized spacial score (nSPS) is 15.8. The Kier molecular flexibility index (Phi) is 4.05. The highest BCUT2D eigenvalue weighted by Gasteiger charge is 2.35. The summed E-state index contributed by atoms with van der Waals surface area (Å²) < 4.78 is 7.87. The second kappa shape index (κ2) is 6.44. The largest absolute Gasteiger partial charge is 0.477 e. The zero-order valence-corrected chi connectivity index (χ0v) is 17.7. The lowest BCUT2D eigenvalue weighted by molar-refractivity contribution is 0.0693. The maximum atomic E-state index is 12.6. The molecular formula is C24H21NO4S. The minimum absolute atomic E-state index is 0.00406. The van der Waals surface area contributed by atoms with E-state index in [-0.39, 0.29) is 17.0 Å². The molecule has 5 rings (SSSR count). The van der Waals surface area contributed by atoms with Crippen LogP contribution in [0.4, 0.5) is 0 Å². The van der Waals surface area contributed by atoms with Crippen molar-refractivity contribution in [2.24, 2.45) is 5.41 Å². The van der Waals surface area contributed by atoms with Crippen LogP contribution in [0.2, 0.25) is 0 Å². The van der Waals surface area contributed by atoms with E-state index in [1.165, 1.54) is 12.3 Å². The molecule has 1 aliphatic rings. The summed E-state index contributed by atoms with van der Waals surface area (Å²) in [5, 5.41) is 12.6. The number of carboxylic acids is 1. The summed E-state index contributed by atoms with van der Waals surface area (Å²) in [5.74, 6) is -1.20. The molecule has 1 atom stereocenters. The molecule has 5 nitrogen and oxygen atoms in total. The van der Waals surface area contributed by atoms with Crippen molar-refractivity contribution < 1.29 is 14.3 Å². The Morgan fingerprint density at radius 2 is 2.03 bits per heavy atom. The fraction of sp³-hybridized carbons (Fsp3) is 0.250. The first kappa shape index (κ1) is 18.9. The molecule has 0 saturated carbocycles. The average molecular weight is 420 g/mol. The average Bonchev–Trinajstić information content (AvgIpc) is 3.37. The Hall–Kier alpha value is -3.12. The number of aromatic carboxylic acids is 1. The summed E-state index contributed by atoms with van der Waals surface area (Å²) in [6, 6.07) is 9.60. The van der Waals surface area contributed by atoms with E-state index in [4.69, 9.17) is 4.42 Å². The van der Waals surface area contributed by atoms with Crippen molar-refractivity contribution in [1.82, 2.24) is 4.57 Å². The summed E-state index contributed by atoms with van der Waals surface area (Å²) >= 11 is 1.63. The quantitative estimate of drug-likeness (QED) is 0.444. The van der Waals surface area contributed by atoms with Crippen LogP contribution in [0, 0.1) is 5.41 Å². The van der Waals surface area contributed by atoms with E-state index >= 15 is 0 Å². The highest BCUT2D eigenvalue weighted by atomic mass is 32.1. The number of hydrogen-bond acceptors (Lipinski definition) is 4. The number of rotatable bonds is 2. The van der Waals surface area contributed by atoms with Gasteiger partial charge in [-0.25, -0.2) is 4.79 Å². The Bertz CT molecular complexity index is 1350. The zero-order valence-electron chi connectivity index (χ0n) is 16.9. The summed E-state index contributed by atoms with van der Waals surface area (Å²) in [6.45, 7) is 6.41. The molecule has 0 spiro atoms. The van der Waals surface area contributed by atoms with Crippen molar-refractivity contribution >= 4 is 28.3 Å². The molecule has 0 fully saturated rings. The number of nitrogens with zero attached hydrogens (tertiary/aromatic N) is 1. The molecule has 152 valence electrons.